The van der Waals surface area contributed by atoms with E-state index in [4.69, 9.17) is 0 Å². The van der Waals surface area contributed by atoms with Gasteiger partial charge in [0.2, 0.25) is 0 Å². The number of hydrogen-bond donors (Lipinski definition) is 1. The van der Waals surface area contributed by atoms with Gasteiger partial charge in [0.15, 0.2) is 0 Å². The summed E-state index contributed by atoms with van der Waals surface area (Å²) in [5.41, 5.74) is 2.97. The van der Waals surface area contributed by atoms with E-state index in [-0.39, 0.29) is 5.91 Å². The number of para-hydroxylation sites is 1. The van der Waals surface area contributed by atoms with Crippen molar-refractivity contribution >= 4 is 11.6 Å². The van der Waals surface area contributed by atoms with Gasteiger partial charge in [-0.2, -0.15) is 5.10 Å². The summed E-state index contributed by atoms with van der Waals surface area (Å²) < 4.78 is 1.75. The maximum absolute atomic E-state index is 12.3. The molecule has 2 aromatic carbocycles. The van der Waals surface area contributed by atoms with E-state index in [0.717, 1.165) is 25.1 Å². The molecule has 0 bridgehead atoms. The molecule has 0 fully saturated rings. The number of benzene rings is 2. The van der Waals surface area contributed by atoms with Gasteiger partial charge in [-0.3, -0.25) is 4.79 Å². The Bertz CT molecular complexity index is 816. The number of rotatable bonds is 9. The second-order valence-electron chi connectivity index (χ2n) is 6.31. The molecule has 0 radical (unpaired) electrons. The van der Waals surface area contributed by atoms with Gasteiger partial charge in [-0.05, 0) is 43.2 Å². The van der Waals surface area contributed by atoms with Gasteiger partial charge in [0.25, 0.3) is 5.91 Å². The number of carbonyl (C=O) groups is 1. The molecule has 0 aliphatic carbocycles. The van der Waals surface area contributed by atoms with E-state index >= 15 is 0 Å². The molecule has 6 heteroatoms. The fraction of sp³-hybridized carbons (Fsp3) is 0.286. The Morgan fingerprint density at radius 2 is 1.89 bits per heavy atom. The summed E-state index contributed by atoms with van der Waals surface area (Å²) in [5.74, 6) is -0.0370. The van der Waals surface area contributed by atoms with Gasteiger partial charge in [0.1, 0.15) is 12.7 Å². The third-order valence-corrected chi connectivity index (χ3v) is 4.42. The summed E-state index contributed by atoms with van der Waals surface area (Å²) >= 11 is 0. The Hall–Kier alpha value is -3.15. The first kappa shape index (κ1) is 18.6. The third-order valence-electron chi connectivity index (χ3n) is 4.42. The molecule has 0 spiro atoms. The summed E-state index contributed by atoms with van der Waals surface area (Å²) in [7, 11) is 0. The van der Waals surface area contributed by atoms with Gasteiger partial charge in [0.05, 0.1) is 6.54 Å². The van der Waals surface area contributed by atoms with Crippen LogP contribution in [0.2, 0.25) is 0 Å². The smallest absolute Gasteiger partial charge is 0.251 e. The van der Waals surface area contributed by atoms with Gasteiger partial charge in [0, 0.05) is 30.9 Å². The molecule has 6 nitrogen and oxygen atoms in total. The van der Waals surface area contributed by atoms with E-state index in [1.807, 2.05) is 42.5 Å². The summed E-state index contributed by atoms with van der Waals surface area (Å²) in [6, 6.07) is 17.9. The van der Waals surface area contributed by atoms with E-state index in [0.29, 0.717) is 18.7 Å². The van der Waals surface area contributed by atoms with Gasteiger partial charge >= 0.3 is 0 Å². The van der Waals surface area contributed by atoms with E-state index in [9.17, 15) is 4.79 Å². The largest absolute Gasteiger partial charge is 0.372 e. The molecule has 1 amide bonds. The van der Waals surface area contributed by atoms with Crippen LogP contribution in [0.25, 0.3) is 0 Å². The van der Waals surface area contributed by atoms with Crippen LogP contribution in [0.1, 0.15) is 29.3 Å². The third kappa shape index (κ3) is 5.41. The molecule has 1 N–H and O–H groups in total. The molecule has 0 saturated carbocycles. The summed E-state index contributed by atoms with van der Waals surface area (Å²) in [6.45, 7) is 5.31. The average Bonchev–Trinajstić information content (AvgIpc) is 3.22. The second kappa shape index (κ2) is 9.52. The highest BCUT2D eigenvalue weighted by Gasteiger charge is 2.07. The van der Waals surface area contributed by atoms with Crippen LogP contribution in [0.3, 0.4) is 0 Å². The highest BCUT2D eigenvalue weighted by Crippen LogP contribution is 2.12. The standard InChI is InChI=1S/C21H25N5O/c1-2-25(20-7-4-3-5-8-20)14-6-13-23-21(27)19-11-9-18(10-12-19)15-26-17-22-16-24-26/h3-5,7-12,16-17H,2,6,13-15H2,1H3,(H,23,27). The molecule has 0 aliphatic heterocycles. The highest BCUT2D eigenvalue weighted by atomic mass is 16.1. The van der Waals surface area contributed by atoms with E-state index in [1.165, 1.54) is 12.0 Å². The number of amides is 1. The lowest BCUT2D eigenvalue weighted by atomic mass is 10.1. The highest BCUT2D eigenvalue weighted by molar-refractivity contribution is 5.94. The number of nitrogens with one attached hydrogen (secondary N) is 1. The Morgan fingerprint density at radius 1 is 1.11 bits per heavy atom. The van der Waals surface area contributed by atoms with Crippen molar-refractivity contribution in [3.63, 3.8) is 0 Å². The first-order valence-electron chi connectivity index (χ1n) is 9.26. The Balaban J connectivity index is 1.43. The summed E-state index contributed by atoms with van der Waals surface area (Å²) in [6.07, 6.45) is 4.09. The van der Waals surface area contributed by atoms with Gasteiger partial charge < -0.3 is 10.2 Å². The van der Waals surface area contributed by atoms with Crippen molar-refractivity contribution in [3.8, 4) is 0 Å². The minimum absolute atomic E-state index is 0.0370. The zero-order chi connectivity index (χ0) is 18.9. The van der Waals surface area contributed by atoms with Crippen molar-refractivity contribution in [2.45, 2.75) is 19.9 Å². The number of nitrogens with zero attached hydrogens (tertiary/aromatic N) is 4. The van der Waals surface area contributed by atoms with Crippen LogP contribution >= 0.6 is 0 Å². The van der Waals surface area contributed by atoms with Crippen molar-refractivity contribution in [3.05, 3.63) is 78.4 Å². The molecule has 0 atom stereocenters. The van der Waals surface area contributed by atoms with Crippen molar-refractivity contribution in [2.24, 2.45) is 0 Å². The second-order valence-corrected chi connectivity index (χ2v) is 6.31. The van der Waals surface area contributed by atoms with Crippen LogP contribution < -0.4 is 10.2 Å². The minimum Gasteiger partial charge on any atom is -0.372 e. The van der Waals surface area contributed by atoms with Crippen molar-refractivity contribution in [1.29, 1.82) is 0 Å². The maximum atomic E-state index is 12.3. The molecular weight excluding hydrogens is 338 g/mol. The lowest BCUT2D eigenvalue weighted by molar-refractivity contribution is 0.0953. The van der Waals surface area contributed by atoms with Crippen molar-refractivity contribution in [2.75, 3.05) is 24.5 Å². The fourth-order valence-electron chi connectivity index (χ4n) is 2.95. The number of carbonyl (C=O) groups excluding carboxylic acids is 1. The fourth-order valence-corrected chi connectivity index (χ4v) is 2.95. The lowest BCUT2D eigenvalue weighted by Gasteiger charge is -2.23. The number of anilines is 1. The average molecular weight is 363 g/mol. The number of hydrogen-bond acceptors (Lipinski definition) is 4. The van der Waals surface area contributed by atoms with Crippen LogP contribution in [-0.2, 0) is 6.54 Å². The zero-order valence-electron chi connectivity index (χ0n) is 15.6. The van der Waals surface area contributed by atoms with E-state index in [2.05, 4.69) is 39.4 Å². The molecule has 3 rings (SSSR count). The summed E-state index contributed by atoms with van der Waals surface area (Å²) in [4.78, 5) is 18.5. The van der Waals surface area contributed by atoms with Gasteiger partial charge in [-0.1, -0.05) is 30.3 Å². The van der Waals surface area contributed by atoms with Crippen LogP contribution in [0, 0.1) is 0 Å². The van der Waals surface area contributed by atoms with Gasteiger partial charge in [-0.25, -0.2) is 9.67 Å². The topological polar surface area (TPSA) is 63.1 Å². The molecule has 3 aromatic rings. The first-order valence-corrected chi connectivity index (χ1v) is 9.26. The molecular formula is C21H25N5O. The quantitative estimate of drug-likeness (QED) is 0.594. The molecule has 0 saturated heterocycles. The SMILES string of the molecule is CCN(CCCNC(=O)c1ccc(Cn2cncn2)cc1)c1ccccc1. The predicted octanol–water partition coefficient (Wildman–Crippen LogP) is 2.97. The van der Waals surface area contributed by atoms with Crippen LogP contribution in [0.5, 0.6) is 0 Å². The predicted molar refractivity (Wildman–Crippen MR) is 107 cm³/mol. The van der Waals surface area contributed by atoms with Crippen LogP contribution in [0.4, 0.5) is 5.69 Å². The normalized spacial score (nSPS) is 10.6. The van der Waals surface area contributed by atoms with Crippen molar-refractivity contribution in [1.82, 2.24) is 20.1 Å². The molecule has 0 unspecified atom stereocenters. The lowest BCUT2D eigenvalue weighted by Crippen LogP contribution is -2.29. The van der Waals surface area contributed by atoms with Gasteiger partial charge in [-0.15, -0.1) is 0 Å². The Labute approximate surface area is 159 Å². The van der Waals surface area contributed by atoms with Crippen LogP contribution in [-0.4, -0.2) is 40.3 Å². The minimum atomic E-state index is -0.0370. The molecule has 140 valence electrons. The monoisotopic (exact) mass is 363 g/mol. The first-order chi connectivity index (χ1) is 13.3. The number of aromatic nitrogens is 3. The van der Waals surface area contributed by atoms with Crippen molar-refractivity contribution < 1.29 is 4.79 Å². The van der Waals surface area contributed by atoms with E-state index in [1.54, 1.807) is 11.0 Å². The summed E-state index contributed by atoms with van der Waals surface area (Å²) in [5, 5.41) is 7.09. The van der Waals surface area contributed by atoms with E-state index < -0.39 is 0 Å². The zero-order valence-corrected chi connectivity index (χ0v) is 15.6. The molecule has 27 heavy (non-hydrogen) atoms. The van der Waals surface area contributed by atoms with Crippen LogP contribution in [0.15, 0.2) is 67.3 Å². The Morgan fingerprint density at radius 3 is 2.56 bits per heavy atom. The molecule has 1 aromatic heterocycles. The Kier molecular flexibility index (Phi) is 6.57. The molecule has 1 heterocycles. The maximum Gasteiger partial charge on any atom is 0.251 e. The molecule has 0 aliphatic rings.